The van der Waals surface area contributed by atoms with Crippen molar-refractivity contribution >= 4 is 11.6 Å². The Morgan fingerprint density at radius 1 is 1.43 bits per heavy atom. The van der Waals surface area contributed by atoms with Crippen LogP contribution in [0.1, 0.15) is 12.5 Å². The average Bonchev–Trinajstić information content (AvgIpc) is 3.12. The Morgan fingerprint density at radius 2 is 2.29 bits per heavy atom. The molecule has 6 nitrogen and oxygen atoms in total. The monoisotopic (exact) mass is 286 g/mol. The fourth-order valence-electron chi connectivity index (χ4n) is 2.58. The van der Waals surface area contributed by atoms with E-state index in [0.29, 0.717) is 11.8 Å². The maximum Gasteiger partial charge on any atom is 0.247 e. The molecule has 1 aromatic heterocycles. The lowest BCUT2D eigenvalue weighted by molar-refractivity contribution is -0.120. The average molecular weight is 286 g/mol. The number of anilines is 1. The van der Waals surface area contributed by atoms with E-state index in [1.165, 1.54) is 6.39 Å². The molecule has 3 rings (SSSR count). The van der Waals surface area contributed by atoms with Crippen LogP contribution in [0.4, 0.5) is 5.69 Å². The summed E-state index contributed by atoms with van der Waals surface area (Å²) in [5, 5.41) is 13.8. The Kier molecular flexibility index (Phi) is 3.70. The van der Waals surface area contributed by atoms with E-state index in [4.69, 9.17) is 4.42 Å². The predicted octanol–water partition coefficient (Wildman–Crippen LogP) is 1.84. The normalized spacial score (nSPS) is 21.4. The molecule has 0 spiro atoms. The van der Waals surface area contributed by atoms with Gasteiger partial charge in [-0.05, 0) is 37.1 Å². The molecule has 110 valence electrons. The zero-order valence-corrected chi connectivity index (χ0v) is 12.1. The molecule has 1 amide bonds. The van der Waals surface area contributed by atoms with Gasteiger partial charge in [0.05, 0.1) is 5.92 Å². The van der Waals surface area contributed by atoms with Gasteiger partial charge in [-0.15, -0.1) is 10.2 Å². The van der Waals surface area contributed by atoms with Crippen LogP contribution in [0.15, 0.2) is 29.0 Å². The van der Waals surface area contributed by atoms with E-state index in [2.05, 4.69) is 27.8 Å². The van der Waals surface area contributed by atoms with Gasteiger partial charge in [-0.25, -0.2) is 0 Å². The van der Waals surface area contributed by atoms with Crippen molar-refractivity contribution in [3.8, 4) is 11.5 Å². The number of hydrogen-bond acceptors (Lipinski definition) is 5. The highest BCUT2D eigenvalue weighted by atomic mass is 16.4. The van der Waals surface area contributed by atoms with Crippen LogP contribution in [0.2, 0.25) is 0 Å². The minimum Gasteiger partial charge on any atom is -0.423 e. The number of nitrogens with zero attached hydrogens (tertiary/aromatic N) is 2. The van der Waals surface area contributed by atoms with E-state index in [-0.39, 0.29) is 11.8 Å². The van der Waals surface area contributed by atoms with Crippen LogP contribution in [-0.2, 0) is 4.79 Å². The van der Waals surface area contributed by atoms with Crippen molar-refractivity contribution in [3.05, 3.63) is 30.2 Å². The molecule has 2 heterocycles. The quantitative estimate of drug-likeness (QED) is 0.900. The van der Waals surface area contributed by atoms with Crippen molar-refractivity contribution in [1.29, 1.82) is 0 Å². The van der Waals surface area contributed by atoms with Crippen molar-refractivity contribution in [2.45, 2.75) is 13.8 Å². The first-order chi connectivity index (χ1) is 10.1. The number of nitrogens with one attached hydrogen (secondary N) is 2. The van der Waals surface area contributed by atoms with Gasteiger partial charge < -0.3 is 15.1 Å². The third kappa shape index (κ3) is 2.80. The predicted molar refractivity (Wildman–Crippen MR) is 78.6 cm³/mol. The molecule has 1 fully saturated rings. The van der Waals surface area contributed by atoms with Crippen molar-refractivity contribution in [1.82, 2.24) is 15.5 Å². The molecule has 1 aliphatic rings. The van der Waals surface area contributed by atoms with Gasteiger partial charge in [0, 0.05) is 17.8 Å². The van der Waals surface area contributed by atoms with Crippen LogP contribution in [0, 0.1) is 18.8 Å². The van der Waals surface area contributed by atoms with Crippen LogP contribution < -0.4 is 10.6 Å². The molecule has 2 N–H and O–H groups in total. The summed E-state index contributed by atoms with van der Waals surface area (Å²) in [5.41, 5.74) is 2.59. The van der Waals surface area contributed by atoms with Crippen LogP contribution in [0.5, 0.6) is 0 Å². The smallest absolute Gasteiger partial charge is 0.247 e. The summed E-state index contributed by atoms with van der Waals surface area (Å²) in [6.07, 6.45) is 1.29. The van der Waals surface area contributed by atoms with E-state index in [1.807, 2.05) is 25.1 Å². The molecular formula is C15H18N4O2. The van der Waals surface area contributed by atoms with Crippen LogP contribution >= 0.6 is 0 Å². The molecule has 0 saturated carbocycles. The summed E-state index contributed by atoms with van der Waals surface area (Å²) in [6, 6.07) is 5.71. The zero-order valence-electron chi connectivity index (χ0n) is 12.1. The van der Waals surface area contributed by atoms with Crippen LogP contribution in [0.25, 0.3) is 11.5 Å². The van der Waals surface area contributed by atoms with Crippen molar-refractivity contribution < 1.29 is 9.21 Å². The highest BCUT2D eigenvalue weighted by molar-refractivity contribution is 5.94. The van der Waals surface area contributed by atoms with Crippen LogP contribution in [-0.4, -0.2) is 29.2 Å². The van der Waals surface area contributed by atoms with Gasteiger partial charge in [0.2, 0.25) is 18.2 Å². The Labute approximate surface area is 123 Å². The first-order valence-electron chi connectivity index (χ1n) is 7.04. The second-order valence-electron chi connectivity index (χ2n) is 5.50. The van der Waals surface area contributed by atoms with Gasteiger partial charge in [0.15, 0.2) is 0 Å². The Balaban J connectivity index is 1.81. The maximum atomic E-state index is 12.4. The summed E-state index contributed by atoms with van der Waals surface area (Å²) in [5.74, 6) is 0.862. The number of carbonyl (C=O) groups excluding carboxylic acids is 1. The Morgan fingerprint density at radius 3 is 2.95 bits per heavy atom. The summed E-state index contributed by atoms with van der Waals surface area (Å²) >= 11 is 0. The molecule has 0 unspecified atom stereocenters. The number of amides is 1. The highest BCUT2D eigenvalue weighted by Gasteiger charge is 2.29. The number of hydrogen-bond donors (Lipinski definition) is 2. The number of aryl methyl sites for hydroxylation is 1. The van der Waals surface area contributed by atoms with Crippen molar-refractivity contribution in [2.24, 2.45) is 11.8 Å². The molecule has 0 radical (unpaired) electrons. The lowest BCUT2D eigenvalue weighted by Crippen LogP contribution is -2.28. The van der Waals surface area contributed by atoms with Crippen molar-refractivity contribution in [3.63, 3.8) is 0 Å². The molecule has 1 aliphatic heterocycles. The van der Waals surface area contributed by atoms with Gasteiger partial charge in [-0.1, -0.05) is 13.0 Å². The second-order valence-corrected chi connectivity index (χ2v) is 5.50. The minimum absolute atomic E-state index is 0.0106. The minimum atomic E-state index is 0.0106. The molecule has 2 atom stereocenters. The summed E-state index contributed by atoms with van der Waals surface area (Å²) in [4.78, 5) is 12.4. The Hall–Kier alpha value is -2.21. The molecule has 0 bridgehead atoms. The van der Waals surface area contributed by atoms with Gasteiger partial charge in [-0.2, -0.15) is 0 Å². The molecule has 0 aliphatic carbocycles. The number of rotatable bonds is 3. The summed E-state index contributed by atoms with van der Waals surface area (Å²) in [6.45, 7) is 5.67. The van der Waals surface area contributed by atoms with Crippen LogP contribution in [0.3, 0.4) is 0 Å². The molecular weight excluding hydrogens is 268 g/mol. The molecule has 2 aromatic rings. The third-order valence-corrected chi connectivity index (χ3v) is 3.96. The molecule has 21 heavy (non-hydrogen) atoms. The van der Waals surface area contributed by atoms with Gasteiger partial charge in [-0.3, -0.25) is 4.79 Å². The topological polar surface area (TPSA) is 80.1 Å². The van der Waals surface area contributed by atoms with E-state index in [9.17, 15) is 4.79 Å². The lowest BCUT2D eigenvalue weighted by atomic mass is 9.97. The van der Waals surface area contributed by atoms with Gasteiger partial charge in [0.1, 0.15) is 0 Å². The zero-order chi connectivity index (χ0) is 14.8. The first kappa shape index (κ1) is 13.8. The van der Waals surface area contributed by atoms with E-state index < -0.39 is 0 Å². The Bertz CT molecular complexity index is 639. The van der Waals surface area contributed by atoms with E-state index >= 15 is 0 Å². The highest BCUT2D eigenvalue weighted by Crippen LogP contribution is 2.25. The van der Waals surface area contributed by atoms with Gasteiger partial charge in [0.25, 0.3) is 0 Å². The molecule has 1 saturated heterocycles. The maximum absolute atomic E-state index is 12.4. The number of aromatic nitrogens is 2. The SMILES string of the molecule is Cc1ccc(-c2nnco2)cc1NC(=O)[C@@H]1CNC[C@H]1C. The molecule has 6 heteroatoms. The fraction of sp³-hybridized carbons (Fsp3) is 0.400. The lowest BCUT2D eigenvalue weighted by Gasteiger charge is -2.16. The number of carbonyl (C=O) groups is 1. The van der Waals surface area contributed by atoms with E-state index in [1.54, 1.807) is 0 Å². The first-order valence-corrected chi connectivity index (χ1v) is 7.04. The number of benzene rings is 1. The summed E-state index contributed by atoms with van der Waals surface area (Å²) < 4.78 is 5.19. The van der Waals surface area contributed by atoms with E-state index in [0.717, 1.165) is 29.9 Å². The molecule has 1 aromatic carbocycles. The second kappa shape index (κ2) is 5.65. The third-order valence-electron chi connectivity index (χ3n) is 3.96. The summed E-state index contributed by atoms with van der Waals surface area (Å²) in [7, 11) is 0. The van der Waals surface area contributed by atoms with Crippen molar-refractivity contribution in [2.75, 3.05) is 18.4 Å². The fourth-order valence-corrected chi connectivity index (χ4v) is 2.58. The van der Waals surface area contributed by atoms with Gasteiger partial charge >= 0.3 is 0 Å². The standard InChI is InChI=1S/C15H18N4O2/c1-9-3-4-11(15-19-17-8-21-15)5-13(9)18-14(20)12-7-16-6-10(12)2/h3-5,8,10,12,16H,6-7H2,1-2H3,(H,18,20)/t10-,12-/m1/s1. The largest absolute Gasteiger partial charge is 0.423 e.